The van der Waals surface area contributed by atoms with Crippen LogP contribution in [0.15, 0.2) is 54.6 Å². The van der Waals surface area contributed by atoms with Gasteiger partial charge in [-0.3, -0.25) is 4.79 Å². The zero-order valence-electron chi connectivity index (χ0n) is 20.0. The van der Waals surface area contributed by atoms with Crippen molar-refractivity contribution >= 4 is 5.91 Å². The molecule has 2 aromatic carbocycles. The average Bonchev–Trinajstić information content (AvgIpc) is 3.15. The standard InChI is InChI=1S/C29H33N3O2/c1-3-32(18-20-9-5-4-6-10-20)27(33)26-19(2)22-16-29(34)25-15-21-11-7-8-12-23(21)28(29,13-14-30-25)17-24(22)31-26/h4-12,25,30-31,34H,3,13-18H2,1-2H3/t25-,28-,29+/m0/s1. The summed E-state index contributed by atoms with van der Waals surface area (Å²) < 4.78 is 0. The minimum atomic E-state index is -0.853. The number of H-pyrrole nitrogens is 1. The van der Waals surface area contributed by atoms with E-state index in [1.165, 1.54) is 11.1 Å². The molecule has 3 N–H and O–H groups in total. The van der Waals surface area contributed by atoms with Gasteiger partial charge in [0.1, 0.15) is 5.69 Å². The van der Waals surface area contributed by atoms with E-state index in [0.717, 1.165) is 48.2 Å². The lowest BCUT2D eigenvalue weighted by Crippen LogP contribution is -2.73. The summed E-state index contributed by atoms with van der Waals surface area (Å²) in [4.78, 5) is 19.1. The van der Waals surface area contributed by atoms with Gasteiger partial charge in [0.25, 0.3) is 5.91 Å². The van der Waals surface area contributed by atoms with Crippen LogP contribution in [0.5, 0.6) is 0 Å². The van der Waals surface area contributed by atoms with E-state index in [9.17, 15) is 9.90 Å². The molecular weight excluding hydrogens is 422 g/mol. The highest BCUT2D eigenvalue weighted by atomic mass is 16.3. The Balaban J connectivity index is 1.40. The number of hydrogen-bond donors (Lipinski definition) is 3. The molecule has 34 heavy (non-hydrogen) atoms. The fraction of sp³-hybridized carbons (Fsp3) is 0.414. The fourth-order valence-corrected chi connectivity index (χ4v) is 6.96. The van der Waals surface area contributed by atoms with Gasteiger partial charge < -0.3 is 20.3 Å². The van der Waals surface area contributed by atoms with Crippen molar-refractivity contribution in [3.63, 3.8) is 0 Å². The normalized spacial score (nSPS) is 26.9. The molecule has 1 amide bonds. The Morgan fingerprint density at radius 3 is 2.68 bits per heavy atom. The quantitative estimate of drug-likeness (QED) is 0.562. The molecular formula is C29H33N3O2. The van der Waals surface area contributed by atoms with Crippen LogP contribution in [-0.4, -0.2) is 45.6 Å². The van der Waals surface area contributed by atoms with Gasteiger partial charge in [0, 0.05) is 43.1 Å². The first-order valence-electron chi connectivity index (χ1n) is 12.5. The zero-order valence-corrected chi connectivity index (χ0v) is 20.0. The average molecular weight is 456 g/mol. The Hall–Kier alpha value is -2.89. The molecule has 0 unspecified atom stereocenters. The molecule has 0 saturated carbocycles. The number of fused-ring (bicyclic) bond motifs is 2. The van der Waals surface area contributed by atoms with Crippen LogP contribution in [0.3, 0.4) is 0 Å². The Labute approximate surface area is 201 Å². The number of aliphatic hydroxyl groups is 1. The molecule has 1 aliphatic heterocycles. The van der Waals surface area contributed by atoms with Crippen LogP contribution in [0, 0.1) is 6.92 Å². The first-order valence-corrected chi connectivity index (χ1v) is 12.5. The molecule has 3 aromatic rings. The largest absolute Gasteiger partial charge is 0.387 e. The molecule has 3 aliphatic rings. The highest BCUT2D eigenvalue weighted by Gasteiger charge is 2.63. The van der Waals surface area contributed by atoms with Crippen LogP contribution >= 0.6 is 0 Å². The Bertz CT molecular complexity index is 1250. The number of aromatic amines is 1. The maximum Gasteiger partial charge on any atom is 0.270 e. The fourth-order valence-electron chi connectivity index (χ4n) is 6.96. The van der Waals surface area contributed by atoms with Gasteiger partial charge >= 0.3 is 0 Å². The predicted molar refractivity (Wildman–Crippen MR) is 133 cm³/mol. The van der Waals surface area contributed by atoms with Crippen LogP contribution in [0.2, 0.25) is 0 Å². The molecule has 1 fully saturated rings. The molecule has 3 atom stereocenters. The second-order valence-electron chi connectivity index (χ2n) is 10.4. The van der Waals surface area contributed by atoms with Gasteiger partial charge in [0.15, 0.2) is 0 Å². The molecule has 2 bridgehead atoms. The SMILES string of the molecule is CCN(Cc1ccccc1)C(=O)c1[nH]c2c(c1C)C[C@@]1(O)[C@@H]3Cc4ccccc4[C@]1(CCN3)C2. The van der Waals surface area contributed by atoms with Crippen molar-refractivity contribution in [2.45, 2.75) is 63.1 Å². The number of piperidine rings is 1. The van der Waals surface area contributed by atoms with Gasteiger partial charge in [-0.25, -0.2) is 0 Å². The zero-order chi connectivity index (χ0) is 23.5. The van der Waals surface area contributed by atoms with Crippen LogP contribution in [0.1, 0.15) is 57.3 Å². The topological polar surface area (TPSA) is 68.4 Å². The number of amides is 1. The third-order valence-corrected chi connectivity index (χ3v) is 8.80. The summed E-state index contributed by atoms with van der Waals surface area (Å²) in [5, 5.41) is 15.9. The van der Waals surface area contributed by atoms with E-state index in [1.807, 2.05) is 36.9 Å². The Morgan fingerprint density at radius 2 is 1.88 bits per heavy atom. The lowest BCUT2D eigenvalue weighted by atomic mass is 9.50. The number of nitrogens with zero attached hydrogens (tertiary/aromatic N) is 1. The summed E-state index contributed by atoms with van der Waals surface area (Å²) in [5.74, 6) is 0.0345. The summed E-state index contributed by atoms with van der Waals surface area (Å²) in [5.41, 5.74) is 6.51. The third kappa shape index (κ3) is 2.96. The summed E-state index contributed by atoms with van der Waals surface area (Å²) in [6.45, 7) is 6.21. The van der Waals surface area contributed by atoms with E-state index in [4.69, 9.17) is 0 Å². The summed E-state index contributed by atoms with van der Waals surface area (Å²) in [6.07, 6.45) is 3.06. The van der Waals surface area contributed by atoms with Crippen molar-refractivity contribution in [1.29, 1.82) is 0 Å². The van der Waals surface area contributed by atoms with Crippen molar-refractivity contribution in [2.24, 2.45) is 0 Å². The molecule has 0 spiro atoms. The van der Waals surface area contributed by atoms with Crippen molar-refractivity contribution < 1.29 is 9.90 Å². The van der Waals surface area contributed by atoms with Gasteiger partial charge in [-0.1, -0.05) is 54.6 Å². The van der Waals surface area contributed by atoms with E-state index in [-0.39, 0.29) is 17.4 Å². The highest BCUT2D eigenvalue weighted by Crippen LogP contribution is 2.55. The van der Waals surface area contributed by atoms with Crippen LogP contribution in [0.25, 0.3) is 0 Å². The number of benzene rings is 2. The van der Waals surface area contributed by atoms with E-state index in [1.54, 1.807) is 0 Å². The van der Waals surface area contributed by atoms with Crippen molar-refractivity contribution in [3.8, 4) is 0 Å². The van der Waals surface area contributed by atoms with Gasteiger partial charge in [0.2, 0.25) is 0 Å². The molecule has 1 saturated heterocycles. The number of nitrogens with one attached hydrogen (secondary N) is 2. The number of rotatable bonds is 4. The number of hydrogen-bond acceptors (Lipinski definition) is 3. The van der Waals surface area contributed by atoms with E-state index >= 15 is 0 Å². The minimum Gasteiger partial charge on any atom is -0.387 e. The maximum atomic E-state index is 13.7. The smallest absolute Gasteiger partial charge is 0.270 e. The van der Waals surface area contributed by atoms with Crippen molar-refractivity contribution in [3.05, 3.63) is 93.8 Å². The predicted octanol–water partition coefficient (Wildman–Crippen LogP) is 3.67. The van der Waals surface area contributed by atoms with Gasteiger partial charge in [-0.15, -0.1) is 0 Å². The molecule has 176 valence electrons. The van der Waals surface area contributed by atoms with Crippen molar-refractivity contribution in [1.82, 2.24) is 15.2 Å². The van der Waals surface area contributed by atoms with Gasteiger partial charge in [-0.05, 0) is 61.1 Å². The maximum absolute atomic E-state index is 13.7. The lowest BCUT2D eigenvalue weighted by molar-refractivity contribution is -0.106. The summed E-state index contributed by atoms with van der Waals surface area (Å²) in [7, 11) is 0. The van der Waals surface area contributed by atoms with E-state index in [0.29, 0.717) is 25.2 Å². The molecule has 5 heteroatoms. The second-order valence-corrected chi connectivity index (χ2v) is 10.4. The molecule has 2 aliphatic carbocycles. The first kappa shape index (κ1) is 21.6. The second kappa shape index (κ2) is 7.82. The number of carbonyl (C=O) groups is 1. The number of carbonyl (C=O) groups excluding carboxylic acids is 1. The lowest BCUT2D eigenvalue weighted by Gasteiger charge is -2.60. The summed E-state index contributed by atoms with van der Waals surface area (Å²) >= 11 is 0. The number of aromatic nitrogens is 1. The van der Waals surface area contributed by atoms with Gasteiger partial charge in [0.05, 0.1) is 5.60 Å². The molecule has 2 heterocycles. The van der Waals surface area contributed by atoms with Gasteiger partial charge in [-0.2, -0.15) is 0 Å². The third-order valence-electron chi connectivity index (χ3n) is 8.80. The highest BCUT2D eigenvalue weighted by molar-refractivity contribution is 5.94. The van der Waals surface area contributed by atoms with Crippen LogP contribution in [0.4, 0.5) is 0 Å². The Morgan fingerprint density at radius 1 is 1.12 bits per heavy atom. The van der Waals surface area contributed by atoms with Crippen LogP contribution < -0.4 is 5.32 Å². The monoisotopic (exact) mass is 455 g/mol. The van der Waals surface area contributed by atoms with Crippen molar-refractivity contribution in [2.75, 3.05) is 13.1 Å². The van der Waals surface area contributed by atoms with E-state index < -0.39 is 5.60 Å². The molecule has 0 radical (unpaired) electrons. The Kier molecular flexibility index (Phi) is 4.98. The first-order chi connectivity index (χ1) is 16.5. The minimum absolute atomic E-state index is 0.0305. The molecule has 1 aromatic heterocycles. The summed E-state index contributed by atoms with van der Waals surface area (Å²) in [6, 6.07) is 18.8. The van der Waals surface area contributed by atoms with E-state index in [2.05, 4.69) is 46.7 Å². The molecule has 6 rings (SSSR count). The van der Waals surface area contributed by atoms with Crippen LogP contribution in [-0.2, 0) is 31.2 Å². The molecule has 5 nitrogen and oxygen atoms in total.